The first-order valence-electron chi connectivity index (χ1n) is 5.90. The van der Waals surface area contributed by atoms with E-state index in [4.69, 9.17) is 11.6 Å². The van der Waals surface area contributed by atoms with Crippen molar-refractivity contribution in [2.75, 3.05) is 5.88 Å². The average molecular weight is 308 g/mol. The van der Waals surface area contributed by atoms with Crippen LogP contribution in [-0.4, -0.2) is 15.7 Å². The number of hydrogen-bond donors (Lipinski definition) is 0. The van der Waals surface area contributed by atoms with Gasteiger partial charge in [0.25, 0.3) is 0 Å². The number of rotatable bonds is 6. The second-order valence-corrected chi connectivity index (χ2v) is 5.30. The number of alkyl halides is 1. The van der Waals surface area contributed by atoms with Crippen molar-refractivity contribution in [3.63, 3.8) is 0 Å². The summed E-state index contributed by atoms with van der Waals surface area (Å²) in [5.74, 6) is 1.29. The van der Waals surface area contributed by atoms with Crippen molar-refractivity contribution in [3.05, 3.63) is 15.9 Å². The van der Waals surface area contributed by atoms with E-state index in [9.17, 15) is 0 Å². The molecule has 92 valence electrons. The van der Waals surface area contributed by atoms with Gasteiger partial charge in [-0.05, 0) is 41.1 Å². The number of aromatic nitrogens is 2. The lowest BCUT2D eigenvalue weighted by Gasteiger charge is -2.13. The highest BCUT2D eigenvalue weighted by molar-refractivity contribution is 9.10. The van der Waals surface area contributed by atoms with Gasteiger partial charge in [0.05, 0.1) is 15.9 Å². The minimum atomic E-state index is 0.558. The molecule has 0 spiro atoms. The standard InChI is InChI=1S/C12H20BrClN2/c1-4-6-9(8-14)7-11-12(13)10(5-2)15-16(11)3/h9H,4-8H2,1-3H3. The van der Waals surface area contributed by atoms with Crippen LogP contribution in [0.1, 0.15) is 38.1 Å². The molecule has 0 fully saturated rings. The molecule has 2 nitrogen and oxygen atoms in total. The fraction of sp³-hybridized carbons (Fsp3) is 0.750. The van der Waals surface area contributed by atoms with E-state index in [2.05, 4.69) is 34.9 Å². The Morgan fingerprint density at radius 1 is 1.44 bits per heavy atom. The van der Waals surface area contributed by atoms with Crippen LogP contribution in [0, 0.1) is 5.92 Å². The zero-order chi connectivity index (χ0) is 12.1. The molecule has 1 atom stereocenters. The van der Waals surface area contributed by atoms with Crippen molar-refractivity contribution < 1.29 is 0 Å². The molecule has 0 aromatic carbocycles. The van der Waals surface area contributed by atoms with E-state index in [-0.39, 0.29) is 0 Å². The summed E-state index contributed by atoms with van der Waals surface area (Å²) in [6.07, 6.45) is 4.35. The second kappa shape index (κ2) is 6.65. The Kier molecular flexibility index (Phi) is 5.84. The van der Waals surface area contributed by atoms with Gasteiger partial charge < -0.3 is 0 Å². The predicted molar refractivity (Wildman–Crippen MR) is 73.1 cm³/mol. The molecule has 0 aliphatic heterocycles. The SMILES string of the molecule is CCCC(CCl)Cc1c(Br)c(CC)nn1C. The molecule has 1 unspecified atom stereocenters. The first-order chi connectivity index (χ1) is 7.63. The maximum absolute atomic E-state index is 6.00. The van der Waals surface area contributed by atoms with Crippen molar-refractivity contribution in [2.45, 2.75) is 39.5 Å². The highest BCUT2D eigenvalue weighted by atomic mass is 79.9. The summed E-state index contributed by atoms with van der Waals surface area (Å²) >= 11 is 9.64. The molecular formula is C12H20BrClN2. The van der Waals surface area contributed by atoms with E-state index >= 15 is 0 Å². The van der Waals surface area contributed by atoms with Crippen LogP contribution in [0.5, 0.6) is 0 Å². The first kappa shape index (κ1) is 14.0. The monoisotopic (exact) mass is 306 g/mol. The lowest BCUT2D eigenvalue weighted by molar-refractivity contribution is 0.506. The lowest BCUT2D eigenvalue weighted by Crippen LogP contribution is -2.10. The van der Waals surface area contributed by atoms with Gasteiger partial charge in [0.1, 0.15) is 0 Å². The van der Waals surface area contributed by atoms with Crippen LogP contribution in [0.15, 0.2) is 4.47 Å². The van der Waals surface area contributed by atoms with Gasteiger partial charge in [-0.2, -0.15) is 5.10 Å². The molecule has 0 aliphatic rings. The van der Waals surface area contributed by atoms with Crippen LogP contribution in [0.4, 0.5) is 0 Å². The summed E-state index contributed by atoms with van der Waals surface area (Å²) in [6.45, 7) is 4.33. The smallest absolute Gasteiger partial charge is 0.0766 e. The summed E-state index contributed by atoms with van der Waals surface area (Å²) in [5, 5.41) is 4.50. The molecule has 4 heteroatoms. The number of hydrogen-bond acceptors (Lipinski definition) is 1. The second-order valence-electron chi connectivity index (χ2n) is 4.20. The molecule has 1 aromatic rings. The molecule has 16 heavy (non-hydrogen) atoms. The molecule has 1 rings (SSSR count). The van der Waals surface area contributed by atoms with E-state index < -0.39 is 0 Å². The van der Waals surface area contributed by atoms with Crippen molar-refractivity contribution in [1.29, 1.82) is 0 Å². The summed E-state index contributed by atoms with van der Waals surface area (Å²) < 4.78 is 3.15. The molecule has 0 radical (unpaired) electrons. The van der Waals surface area contributed by atoms with Gasteiger partial charge in [-0.25, -0.2) is 0 Å². The van der Waals surface area contributed by atoms with Crippen LogP contribution in [0.3, 0.4) is 0 Å². The van der Waals surface area contributed by atoms with Gasteiger partial charge in [-0.1, -0.05) is 20.3 Å². The first-order valence-corrected chi connectivity index (χ1v) is 7.22. The van der Waals surface area contributed by atoms with Crippen molar-refractivity contribution in [3.8, 4) is 0 Å². The van der Waals surface area contributed by atoms with Crippen LogP contribution in [0.2, 0.25) is 0 Å². The van der Waals surface area contributed by atoms with E-state index in [0.717, 1.165) is 24.4 Å². The van der Waals surface area contributed by atoms with Crippen LogP contribution in [-0.2, 0) is 19.9 Å². The number of halogens is 2. The Labute approximate surface area is 111 Å². The third kappa shape index (κ3) is 3.24. The Bertz CT molecular complexity index is 336. The van der Waals surface area contributed by atoms with Crippen molar-refractivity contribution >= 4 is 27.5 Å². The lowest BCUT2D eigenvalue weighted by atomic mass is 10.00. The third-order valence-electron chi connectivity index (χ3n) is 2.90. The molecule has 1 aromatic heterocycles. The van der Waals surface area contributed by atoms with Gasteiger partial charge >= 0.3 is 0 Å². The highest BCUT2D eigenvalue weighted by Gasteiger charge is 2.16. The number of aryl methyl sites for hydroxylation is 2. The van der Waals surface area contributed by atoms with E-state index in [1.807, 2.05) is 11.7 Å². The van der Waals surface area contributed by atoms with Gasteiger partial charge in [0.15, 0.2) is 0 Å². The zero-order valence-electron chi connectivity index (χ0n) is 10.3. The highest BCUT2D eigenvalue weighted by Crippen LogP contribution is 2.25. The van der Waals surface area contributed by atoms with Crippen molar-refractivity contribution in [1.82, 2.24) is 9.78 Å². The normalized spacial score (nSPS) is 13.1. The van der Waals surface area contributed by atoms with Gasteiger partial charge in [0, 0.05) is 12.9 Å². The quantitative estimate of drug-likeness (QED) is 0.728. The van der Waals surface area contributed by atoms with Crippen LogP contribution in [0.25, 0.3) is 0 Å². The summed E-state index contributed by atoms with van der Waals surface area (Å²) in [4.78, 5) is 0. The van der Waals surface area contributed by atoms with Crippen LogP contribution < -0.4 is 0 Å². The van der Waals surface area contributed by atoms with E-state index in [1.54, 1.807) is 0 Å². The Hall–Kier alpha value is -0.0200. The minimum Gasteiger partial charge on any atom is -0.271 e. The minimum absolute atomic E-state index is 0.558. The topological polar surface area (TPSA) is 17.8 Å². The maximum atomic E-state index is 6.00. The molecule has 0 bridgehead atoms. The Balaban J connectivity index is 2.82. The number of nitrogens with zero attached hydrogens (tertiary/aromatic N) is 2. The Morgan fingerprint density at radius 3 is 2.56 bits per heavy atom. The average Bonchev–Trinajstić information content (AvgIpc) is 2.55. The maximum Gasteiger partial charge on any atom is 0.0766 e. The summed E-state index contributed by atoms with van der Waals surface area (Å²) in [6, 6.07) is 0. The van der Waals surface area contributed by atoms with Crippen LogP contribution >= 0.6 is 27.5 Å². The molecular weight excluding hydrogens is 288 g/mol. The molecule has 0 aliphatic carbocycles. The zero-order valence-corrected chi connectivity index (χ0v) is 12.6. The molecule has 0 saturated heterocycles. The molecule has 0 amide bonds. The fourth-order valence-electron chi connectivity index (χ4n) is 1.96. The molecule has 1 heterocycles. The van der Waals surface area contributed by atoms with E-state index in [0.29, 0.717) is 5.92 Å². The third-order valence-corrected chi connectivity index (χ3v) is 4.25. The predicted octanol–water partition coefficient (Wildman–Crippen LogP) is 3.94. The summed E-state index contributed by atoms with van der Waals surface area (Å²) in [5.41, 5.74) is 2.42. The van der Waals surface area contributed by atoms with Gasteiger partial charge in [-0.3, -0.25) is 4.68 Å². The fourth-order valence-corrected chi connectivity index (χ4v) is 3.00. The molecule has 0 N–H and O–H groups in total. The van der Waals surface area contributed by atoms with Gasteiger partial charge in [-0.15, -0.1) is 11.6 Å². The van der Waals surface area contributed by atoms with Gasteiger partial charge in [0.2, 0.25) is 0 Å². The van der Waals surface area contributed by atoms with E-state index in [1.165, 1.54) is 23.0 Å². The Morgan fingerprint density at radius 2 is 2.12 bits per heavy atom. The van der Waals surface area contributed by atoms with Crippen molar-refractivity contribution in [2.24, 2.45) is 13.0 Å². The largest absolute Gasteiger partial charge is 0.271 e. The summed E-state index contributed by atoms with van der Waals surface area (Å²) in [7, 11) is 2.01. The molecule has 0 saturated carbocycles.